The van der Waals surface area contributed by atoms with E-state index in [9.17, 15) is 0 Å². The van der Waals surface area contributed by atoms with E-state index >= 15 is 0 Å². The summed E-state index contributed by atoms with van der Waals surface area (Å²) in [7, 11) is 2.01. The van der Waals surface area contributed by atoms with E-state index in [0.29, 0.717) is 0 Å². The van der Waals surface area contributed by atoms with Crippen LogP contribution < -0.4 is 5.43 Å². The van der Waals surface area contributed by atoms with Crippen molar-refractivity contribution in [3.63, 3.8) is 0 Å². The number of nitrogens with one attached hydrogen (secondary N) is 1. The van der Waals surface area contributed by atoms with Gasteiger partial charge < -0.3 is 0 Å². The van der Waals surface area contributed by atoms with E-state index in [1.54, 1.807) is 0 Å². The van der Waals surface area contributed by atoms with Crippen molar-refractivity contribution in [2.45, 2.75) is 18.9 Å². The topological polar surface area (TPSA) is 15.3 Å². The van der Waals surface area contributed by atoms with Crippen molar-refractivity contribution in [2.75, 3.05) is 13.6 Å². The Morgan fingerprint density at radius 1 is 1.50 bits per heavy atom. The van der Waals surface area contributed by atoms with Crippen LogP contribution >= 0.6 is 0 Å². The van der Waals surface area contributed by atoms with Crippen LogP contribution in [0.1, 0.15) is 12.8 Å². The molecule has 0 aromatic heterocycles. The number of hydrogen-bond acceptors (Lipinski definition) is 2. The molecular formula is C6H12N2. The summed E-state index contributed by atoms with van der Waals surface area (Å²) in [6, 6.07) is 0.894. The summed E-state index contributed by atoms with van der Waals surface area (Å²) in [6.07, 6.45) is 2.89. The Bertz CT molecular complexity index is 96.7. The average molecular weight is 112 g/mol. The smallest absolute Gasteiger partial charge is 0.0249 e. The van der Waals surface area contributed by atoms with Gasteiger partial charge in [-0.3, -0.25) is 5.43 Å². The molecule has 46 valence electrons. The Morgan fingerprint density at radius 2 is 2.25 bits per heavy atom. The van der Waals surface area contributed by atoms with Gasteiger partial charge in [-0.2, -0.15) is 0 Å². The summed E-state index contributed by atoms with van der Waals surface area (Å²) in [4.78, 5) is 0. The highest BCUT2D eigenvalue weighted by Gasteiger charge is 2.41. The van der Waals surface area contributed by atoms with Crippen LogP contribution in [0.5, 0.6) is 0 Å². The van der Waals surface area contributed by atoms with E-state index in [2.05, 4.69) is 10.4 Å². The van der Waals surface area contributed by atoms with Crippen LogP contribution in [-0.2, 0) is 0 Å². The lowest BCUT2D eigenvalue weighted by atomic mass is 9.87. The van der Waals surface area contributed by atoms with E-state index in [4.69, 9.17) is 0 Å². The number of rotatable bonds is 1. The lowest BCUT2D eigenvalue weighted by molar-refractivity contribution is 0.193. The van der Waals surface area contributed by atoms with Crippen LogP contribution in [0.25, 0.3) is 0 Å². The third-order valence-corrected chi connectivity index (χ3v) is 2.39. The summed E-state index contributed by atoms with van der Waals surface area (Å²) in [5, 5.41) is 2.35. The number of fused-ring (bicyclic) bond motifs is 1. The van der Waals surface area contributed by atoms with Gasteiger partial charge in [-0.15, -0.1) is 0 Å². The van der Waals surface area contributed by atoms with Crippen molar-refractivity contribution in [3.8, 4) is 0 Å². The van der Waals surface area contributed by atoms with Gasteiger partial charge in [-0.25, -0.2) is 5.01 Å². The first-order valence-electron chi connectivity index (χ1n) is 3.34. The second-order valence-electron chi connectivity index (χ2n) is 2.87. The number of hydrogen-bond donors (Lipinski definition) is 1. The maximum atomic E-state index is 3.19. The van der Waals surface area contributed by atoms with Crippen molar-refractivity contribution in [2.24, 2.45) is 5.92 Å². The zero-order chi connectivity index (χ0) is 5.56. The zero-order valence-electron chi connectivity index (χ0n) is 5.22. The Kier molecular flexibility index (Phi) is 0.866. The van der Waals surface area contributed by atoms with Gasteiger partial charge in [0.05, 0.1) is 0 Å². The molecule has 1 aliphatic carbocycles. The Hall–Kier alpha value is -0.0800. The molecule has 0 amide bonds. The fourth-order valence-corrected chi connectivity index (χ4v) is 1.81. The molecule has 1 N–H and O–H groups in total. The van der Waals surface area contributed by atoms with Crippen molar-refractivity contribution in [1.29, 1.82) is 0 Å². The molecule has 2 heterocycles. The monoisotopic (exact) mass is 112 g/mol. The van der Waals surface area contributed by atoms with E-state index < -0.39 is 0 Å². The van der Waals surface area contributed by atoms with Gasteiger partial charge in [-0.1, -0.05) is 0 Å². The highest BCUT2D eigenvalue weighted by molar-refractivity contribution is 4.94. The van der Waals surface area contributed by atoms with Crippen LogP contribution in [0.15, 0.2) is 0 Å². The normalized spacial score (nSPS) is 44.6. The number of hydrazine groups is 1. The summed E-state index contributed by atoms with van der Waals surface area (Å²) < 4.78 is 0. The first-order chi connectivity index (χ1) is 3.90. The molecule has 2 heteroatoms. The summed E-state index contributed by atoms with van der Waals surface area (Å²) in [5.74, 6) is 1.03. The maximum absolute atomic E-state index is 3.19. The summed E-state index contributed by atoms with van der Waals surface area (Å²) >= 11 is 0. The van der Waals surface area contributed by atoms with E-state index in [1.165, 1.54) is 19.4 Å². The minimum atomic E-state index is 0.894. The van der Waals surface area contributed by atoms with Gasteiger partial charge >= 0.3 is 0 Å². The van der Waals surface area contributed by atoms with Crippen LogP contribution in [0, 0.1) is 5.92 Å². The van der Waals surface area contributed by atoms with Gasteiger partial charge in [0.15, 0.2) is 0 Å². The number of nitrogens with zero attached hydrogens (tertiary/aromatic N) is 1. The molecular weight excluding hydrogens is 100 g/mol. The first-order valence-corrected chi connectivity index (χ1v) is 3.34. The standard InChI is InChI=1S/C6H12N2/c1-7-8-4-5-2-6(8)3-5/h5-7H,2-4H2,1H3. The SMILES string of the molecule is CNN1CC2CC1C2. The van der Waals surface area contributed by atoms with Crippen LogP contribution in [0.3, 0.4) is 0 Å². The Balaban J connectivity index is 2.00. The molecule has 2 aliphatic heterocycles. The minimum absolute atomic E-state index is 0.894. The van der Waals surface area contributed by atoms with Crippen molar-refractivity contribution < 1.29 is 0 Å². The van der Waals surface area contributed by atoms with Crippen LogP contribution in [0.4, 0.5) is 0 Å². The average Bonchev–Trinajstić information content (AvgIpc) is 2.15. The lowest BCUT2D eigenvalue weighted by Crippen LogP contribution is -2.37. The van der Waals surface area contributed by atoms with Crippen molar-refractivity contribution in [3.05, 3.63) is 0 Å². The third kappa shape index (κ3) is 0.446. The molecule has 2 saturated heterocycles. The molecule has 0 spiro atoms. The quantitative estimate of drug-likeness (QED) is 0.522. The molecule has 0 atom stereocenters. The Labute approximate surface area is 49.8 Å². The Morgan fingerprint density at radius 3 is 2.50 bits per heavy atom. The predicted octanol–water partition coefficient (Wildman–Crippen LogP) is 0.215. The third-order valence-electron chi connectivity index (χ3n) is 2.39. The molecule has 0 aromatic rings. The fraction of sp³-hybridized carbons (Fsp3) is 1.00. The van der Waals surface area contributed by atoms with E-state index in [1.807, 2.05) is 7.05 Å². The van der Waals surface area contributed by atoms with Gasteiger partial charge in [0.1, 0.15) is 0 Å². The molecule has 3 rings (SSSR count). The van der Waals surface area contributed by atoms with Crippen LogP contribution in [-0.4, -0.2) is 24.6 Å². The molecule has 2 bridgehead atoms. The molecule has 3 aliphatic rings. The van der Waals surface area contributed by atoms with Gasteiger partial charge in [0.25, 0.3) is 0 Å². The zero-order valence-corrected chi connectivity index (χ0v) is 5.22. The highest BCUT2D eigenvalue weighted by atomic mass is 15.5. The first kappa shape index (κ1) is 4.77. The molecule has 3 fully saturated rings. The maximum Gasteiger partial charge on any atom is 0.0249 e. The molecule has 0 unspecified atom stereocenters. The fourth-order valence-electron chi connectivity index (χ4n) is 1.81. The second kappa shape index (κ2) is 1.45. The molecule has 2 nitrogen and oxygen atoms in total. The minimum Gasteiger partial charge on any atom is -0.258 e. The largest absolute Gasteiger partial charge is 0.258 e. The van der Waals surface area contributed by atoms with Crippen molar-refractivity contribution >= 4 is 0 Å². The highest BCUT2D eigenvalue weighted by Crippen LogP contribution is 2.38. The predicted molar refractivity (Wildman–Crippen MR) is 32.3 cm³/mol. The summed E-state index contributed by atoms with van der Waals surface area (Å²) in [5.41, 5.74) is 3.19. The van der Waals surface area contributed by atoms with Gasteiger partial charge in [-0.05, 0) is 25.8 Å². The van der Waals surface area contributed by atoms with Gasteiger partial charge in [0.2, 0.25) is 0 Å². The molecule has 0 aromatic carbocycles. The van der Waals surface area contributed by atoms with Gasteiger partial charge in [0, 0.05) is 12.6 Å². The summed E-state index contributed by atoms with van der Waals surface area (Å²) in [6.45, 7) is 1.29. The van der Waals surface area contributed by atoms with Crippen LogP contribution in [0.2, 0.25) is 0 Å². The molecule has 0 radical (unpaired) electrons. The second-order valence-corrected chi connectivity index (χ2v) is 2.87. The van der Waals surface area contributed by atoms with E-state index in [-0.39, 0.29) is 0 Å². The van der Waals surface area contributed by atoms with Crippen molar-refractivity contribution in [1.82, 2.24) is 10.4 Å². The molecule has 8 heavy (non-hydrogen) atoms. The lowest BCUT2D eigenvalue weighted by Gasteiger charge is -2.24. The molecule has 1 saturated carbocycles. The van der Waals surface area contributed by atoms with E-state index in [0.717, 1.165) is 12.0 Å².